The maximum Gasteiger partial charge on any atom is 0.256 e. The van der Waals surface area contributed by atoms with Crippen molar-refractivity contribution in [3.05, 3.63) is 45.8 Å². The number of hydrogen-bond donors (Lipinski definition) is 4. The standard InChI is InChI=1S/C17H13N6O8.H3N9.H3N7.Y/c1-4-6-7-17-8(3)16(5-2)12-10(20(24)25)9(13(16)21(26)27)11(14(17)22(28)29)19(23(30)31)15(17)18-12;1-3-5-7-9-8-6-4-2;1-3-5-7-6-4-2;/h1-2,8-15H,3H3;(H3,1,2,5,6,9);(H3,1,2,5,6);/q-1;;;. The molecule has 5 aliphatic rings. The number of nitro groups is 4. The van der Waals surface area contributed by atoms with Crippen LogP contribution in [0, 0.1) is 111 Å². The minimum Gasteiger partial charge on any atom is -0.626 e. The van der Waals surface area contributed by atoms with E-state index >= 15 is 0 Å². The molecule has 249 valence electrons. The summed E-state index contributed by atoms with van der Waals surface area (Å²) in [6.45, 7) is 1.36. The predicted octanol–water partition coefficient (Wildman–Crippen LogP) is 1.02. The van der Waals surface area contributed by atoms with Gasteiger partial charge in [0.05, 0.1) is 5.41 Å². The molecule has 3 heterocycles. The topological polar surface area (TPSA) is 438 Å². The molecule has 6 bridgehead atoms. The van der Waals surface area contributed by atoms with Crippen LogP contribution in [-0.2, 0) is 32.7 Å². The van der Waals surface area contributed by atoms with Crippen LogP contribution in [0.25, 0.3) is 5.32 Å². The van der Waals surface area contributed by atoms with E-state index in [0.717, 1.165) is 0 Å². The van der Waals surface area contributed by atoms with Gasteiger partial charge >= 0.3 is 0 Å². The molecular weight excluding hydrogens is 729 g/mol. The molecule has 0 spiro atoms. The van der Waals surface area contributed by atoms with Crippen LogP contribution >= 0.6 is 0 Å². The van der Waals surface area contributed by atoms with Gasteiger partial charge in [-0.25, -0.2) is 10.1 Å². The number of nitrogens with two attached hydrogens (primary N) is 2. The summed E-state index contributed by atoms with van der Waals surface area (Å²) >= 11 is 0. The van der Waals surface area contributed by atoms with Crippen LogP contribution in [0.4, 0.5) is 0 Å². The first-order chi connectivity index (χ1) is 22.4. The number of rotatable bonds is 9. The predicted molar refractivity (Wildman–Crippen MR) is 142 cm³/mol. The van der Waals surface area contributed by atoms with E-state index in [9.17, 15) is 40.5 Å². The largest absolute Gasteiger partial charge is 0.626 e. The molecule has 10 unspecified atom stereocenters. The van der Waals surface area contributed by atoms with Crippen molar-refractivity contribution in [1.82, 2.24) is 5.01 Å². The van der Waals surface area contributed by atoms with Crippen LogP contribution in [-0.4, -0.2) is 61.2 Å². The first-order valence-corrected chi connectivity index (χ1v) is 12.0. The van der Waals surface area contributed by atoms with Gasteiger partial charge in [-0.3, -0.25) is 30.3 Å². The quantitative estimate of drug-likeness (QED) is 0.0847. The van der Waals surface area contributed by atoms with Crippen molar-refractivity contribution in [1.29, 1.82) is 11.1 Å². The van der Waals surface area contributed by atoms with Crippen LogP contribution in [0.5, 0.6) is 0 Å². The normalized spacial score (nSPS) is 33.4. The second-order valence-electron chi connectivity index (χ2n) is 9.16. The molecule has 5 rings (SSSR count). The molecule has 5 fully saturated rings. The van der Waals surface area contributed by atoms with Gasteiger partial charge in [0.1, 0.15) is 11.3 Å². The summed E-state index contributed by atoms with van der Waals surface area (Å²) in [6.07, 6.45) is 9.36. The molecule has 0 aromatic heterocycles. The van der Waals surface area contributed by atoms with Gasteiger partial charge in [0.15, 0.2) is 11.1 Å². The SMILES string of the molecule is C#CC#CC12C3[N-]C4C([N+](=O)[O-])C(C(C1[N+](=O)[O-])N3[N+](=O)[O-])C([N+](=O)[O-])C4(C#C)C2C.N=N/N=N/N=N/N.N=N/N=N/N=N/N=N/N.[Y]. The molecule has 2 aliphatic carbocycles. The molecule has 0 amide bonds. The number of hydrogen-bond acceptors (Lipinski definition) is 12. The van der Waals surface area contributed by atoms with Gasteiger partial charge in [-0.2, -0.15) is 11.1 Å². The summed E-state index contributed by atoms with van der Waals surface area (Å²) in [5.74, 6) is 15.2. The molecule has 48 heavy (non-hydrogen) atoms. The third kappa shape index (κ3) is 6.58. The Hall–Kier alpha value is -6.06. The number of terminal acetylenes is 2. The van der Waals surface area contributed by atoms with E-state index in [1.54, 1.807) is 0 Å². The van der Waals surface area contributed by atoms with Gasteiger partial charge in [0.2, 0.25) is 12.1 Å². The van der Waals surface area contributed by atoms with E-state index in [-0.39, 0.29) is 32.7 Å². The molecule has 3 aliphatic heterocycles. The Kier molecular flexibility index (Phi) is 14.2. The van der Waals surface area contributed by atoms with E-state index in [4.69, 9.17) is 23.9 Å². The summed E-state index contributed by atoms with van der Waals surface area (Å²) in [4.78, 5) is 45.9. The second kappa shape index (κ2) is 17.0. The fourth-order valence-electron chi connectivity index (χ4n) is 6.77. The molecule has 1 radical (unpaired) electrons. The van der Waals surface area contributed by atoms with E-state index in [0.29, 0.717) is 5.01 Å². The molecular formula is C17H19N22O8Y-. The van der Waals surface area contributed by atoms with Crippen molar-refractivity contribution in [2.75, 3.05) is 0 Å². The minimum atomic E-state index is -1.94. The summed E-state index contributed by atoms with van der Waals surface area (Å²) in [6, 6.07) is -8.86. The Morgan fingerprint density at radius 2 is 1.31 bits per heavy atom. The fraction of sp³-hybridized carbons (Fsp3) is 0.647. The fourth-order valence-corrected chi connectivity index (χ4v) is 6.77. The Labute approximate surface area is 290 Å². The summed E-state index contributed by atoms with van der Waals surface area (Å²) in [5, 5.41) is 85.0. The number of nitrogens with zero attached hydrogens (tertiary/aromatic N) is 18. The van der Waals surface area contributed by atoms with Crippen LogP contribution in [0.2, 0.25) is 0 Å². The van der Waals surface area contributed by atoms with E-state index in [1.165, 1.54) is 6.92 Å². The molecule has 0 aromatic carbocycles. The van der Waals surface area contributed by atoms with Gasteiger partial charge in [0.25, 0.3) is 6.04 Å². The molecule has 10 atom stereocenters. The average Bonchev–Trinajstić information content (AvgIpc) is 3.42. The van der Waals surface area contributed by atoms with Crippen molar-refractivity contribution in [2.24, 2.45) is 97.0 Å². The summed E-state index contributed by atoms with van der Waals surface area (Å²) < 4.78 is 0. The smallest absolute Gasteiger partial charge is 0.256 e. The van der Waals surface area contributed by atoms with Crippen molar-refractivity contribution in [3.63, 3.8) is 0 Å². The Morgan fingerprint density at radius 3 is 1.73 bits per heavy atom. The van der Waals surface area contributed by atoms with Gasteiger partial charge in [-0.15, -0.1) is 17.9 Å². The van der Waals surface area contributed by atoms with E-state index in [2.05, 4.69) is 97.4 Å². The molecule has 30 nitrogen and oxygen atoms in total. The summed E-state index contributed by atoms with van der Waals surface area (Å²) in [7, 11) is 0. The molecule has 6 N–H and O–H groups in total. The van der Waals surface area contributed by atoms with Crippen LogP contribution in [0.1, 0.15) is 6.92 Å². The third-order valence-electron chi connectivity index (χ3n) is 7.91. The minimum absolute atomic E-state index is 0. The van der Waals surface area contributed by atoms with Crippen molar-refractivity contribution in [3.8, 4) is 36.5 Å². The number of nitrogens with one attached hydrogen (secondary N) is 2. The number of hydrazine groups is 1. The second-order valence-corrected chi connectivity index (χ2v) is 9.16. The maximum atomic E-state index is 12.2. The van der Waals surface area contributed by atoms with Crippen LogP contribution in [0.15, 0.2) is 62.7 Å². The third-order valence-corrected chi connectivity index (χ3v) is 7.91. The van der Waals surface area contributed by atoms with E-state index < -0.39 is 78.8 Å². The van der Waals surface area contributed by atoms with Gasteiger partial charge in [-0.1, -0.05) is 29.2 Å². The summed E-state index contributed by atoms with van der Waals surface area (Å²) in [5.41, 5.74) is 8.22. The van der Waals surface area contributed by atoms with Crippen molar-refractivity contribution in [2.45, 2.75) is 43.3 Å². The zero-order valence-corrected chi connectivity index (χ0v) is 26.7. The molecule has 2 saturated carbocycles. The average molecular weight is 748 g/mol. The zero-order chi connectivity index (χ0) is 35.5. The number of piperidine rings is 1. The zero-order valence-electron chi connectivity index (χ0n) is 23.8. The Morgan fingerprint density at radius 1 is 0.812 bits per heavy atom. The molecule has 31 heteroatoms. The molecule has 0 aromatic rings. The van der Waals surface area contributed by atoms with Gasteiger partial charge in [-0.05, 0) is 70.1 Å². The van der Waals surface area contributed by atoms with Gasteiger partial charge in [0, 0.05) is 59.6 Å². The van der Waals surface area contributed by atoms with Crippen LogP contribution < -0.4 is 11.7 Å². The molecule has 3 saturated heterocycles. The van der Waals surface area contributed by atoms with E-state index in [1.807, 2.05) is 5.92 Å². The van der Waals surface area contributed by atoms with Crippen LogP contribution in [0.3, 0.4) is 0 Å². The van der Waals surface area contributed by atoms with Crippen molar-refractivity contribution < 1.29 is 52.5 Å². The Bertz CT molecular complexity index is 1590. The van der Waals surface area contributed by atoms with Gasteiger partial charge < -0.3 is 17.0 Å². The monoisotopic (exact) mass is 748 g/mol. The first-order valence-electron chi connectivity index (χ1n) is 12.0. The first kappa shape index (κ1) is 40.0. The Balaban J connectivity index is 0.000000564. The maximum absolute atomic E-state index is 12.2. The van der Waals surface area contributed by atoms with Crippen molar-refractivity contribution >= 4 is 0 Å².